The fourth-order valence-electron chi connectivity index (χ4n) is 2.53. The molecule has 0 bridgehead atoms. The van der Waals surface area contributed by atoms with E-state index in [0.29, 0.717) is 0 Å². The van der Waals surface area contributed by atoms with Crippen LogP contribution < -0.4 is 0 Å². The van der Waals surface area contributed by atoms with E-state index in [1.165, 1.54) is 17.0 Å². The maximum absolute atomic E-state index is 12.4. The van der Waals surface area contributed by atoms with Gasteiger partial charge in [0.25, 0.3) is 5.91 Å². The van der Waals surface area contributed by atoms with Crippen molar-refractivity contribution >= 4 is 23.5 Å². The Kier molecular flexibility index (Phi) is 3.43. The SMILES string of the molecule is O=C(O)C1Cc2ccccc2CN1C(=O)c1ccc(Cl)o1. The second-order valence-electron chi connectivity index (χ2n) is 4.86. The summed E-state index contributed by atoms with van der Waals surface area (Å²) in [6.07, 6.45) is 0.283. The van der Waals surface area contributed by atoms with Gasteiger partial charge in [0.15, 0.2) is 11.0 Å². The van der Waals surface area contributed by atoms with Crippen molar-refractivity contribution in [3.63, 3.8) is 0 Å². The zero-order valence-corrected chi connectivity index (χ0v) is 11.7. The molecule has 0 saturated carbocycles. The van der Waals surface area contributed by atoms with Gasteiger partial charge < -0.3 is 14.4 Å². The molecule has 0 aliphatic carbocycles. The summed E-state index contributed by atoms with van der Waals surface area (Å²) in [6, 6.07) is 9.51. The van der Waals surface area contributed by atoms with Gasteiger partial charge in [0, 0.05) is 13.0 Å². The lowest BCUT2D eigenvalue weighted by molar-refractivity contribution is -0.142. The molecule has 21 heavy (non-hydrogen) atoms. The van der Waals surface area contributed by atoms with Gasteiger partial charge >= 0.3 is 5.97 Å². The molecule has 108 valence electrons. The van der Waals surface area contributed by atoms with Crippen LogP contribution in [0.5, 0.6) is 0 Å². The number of carboxylic acids is 1. The lowest BCUT2D eigenvalue weighted by Gasteiger charge is -2.33. The van der Waals surface area contributed by atoms with Crippen molar-refractivity contribution in [3.8, 4) is 0 Å². The second kappa shape index (κ2) is 5.26. The fraction of sp³-hybridized carbons (Fsp3) is 0.200. The molecule has 2 aromatic rings. The van der Waals surface area contributed by atoms with Gasteiger partial charge in [-0.2, -0.15) is 0 Å². The maximum atomic E-state index is 12.4. The predicted molar refractivity (Wildman–Crippen MR) is 75.2 cm³/mol. The molecule has 0 saturated heterocycles. The molecule has 1 N–H and O–H groups in total. The van der Waals surface area contributed by atoms with Crippen molar-refractivity contribution < 1.29 is 19.1 Å². The summed E-state index contributed by atoms with van der Waals surface area (Å²) in [5.41, 5.74) is 1.90. The number of amides is 1. The van der Waals surface area contributed by atoms with Crippen molar-refractivity contribution in [1.29, 1.82) is 0 Å². The van der Waals surface area contributed by atoms with Gasteiger partial charge in [-0.15, -0.1) is 0 Å². The number of hydrogen-bond acceptors (Lipinski definition) is 3. The standard InChI is InChI=1S/C15H12ClNO4/c16-13-6-5-12(21-13)14(18)17-8-10-4-2-1-3-9(10)7-11(17)15(19)20/h1-6,11H,7-8H2,(H,19,20). The number of benzene rings is 1. The lowest BCUT2D eigenvalue weighted by atomic mass is 9.94. The summed E-state index contributed by atoms with van der Waals surface area (Å²) in [4.78, 5) is 25.2. The third-order valence-corrected chi connectivity index (χ3v) is 3.78. The van der Waals surface area contributed by atoms with Crippen molar-refractivity contribution in [2.75, 3.05) is 0 Å². The van der Waals surface area contributed by atoms with Gasteiger partial charge in [-0.25, -0.2) is 4.79 Å². The highest BCUT2D eigenvalue weighted by molar-refractivity contribution is 6.29. The van der Waals surface area contributed by atoms with Gasteiger partial charge in [-0.3, -0.25) is 4.79 Å². The van der Waals surface area contributed by atoms with Crippen LogP contribution in [0.1, 0.15) is 21.7 Å². The highest BCUT2D eigenvalue weighted by Gasteiger charge is 2.35. The highest BCUT2D eigenvalue weighted by atomic mass is 35.5. The number of nitrogens with zero attached hydrogens (tertiary/aromatic N) is 1. The van der Waals surface area contributed by atoms with Crippen LogP contribution in [0.25, 0.3) is 0 Å². The van der Waals surface area contributed by atoms with E-state index in [-0.39, 0.29) is 23.9 Å². The van der Waals surface area contributed by atoms with Crippen LogP contribution in [0.4, 0.5) is 0 Å². The van der Waals surface area contributed by atoms with Crippen molar-refractivity contribution in [1.82, 2.24) is 4.90 Å². The first-order valence-corrected chi connectivity index (χ1v) is 6.80. The number of carbonyl (C=O) groups is 2. The van der Waals surface area contributed by atoms with Gasteiger partial charge in [0.1, 0.15) is 6.04 Å². The second-order valence-corrected chi connectivity index (χ2v) is 5.24. The molecule has 1 unspecified atom stereocenters. The summed E-state index contributed by atoms with van der Waals surface area (Å²) < 4.78 is 5.10. The highest BCUT2D eigenvalue weighted by Crippen LogP contribution is 2.26. The molecule has 1 aromatic heterocycles. The third-order valence-electron chi connectivity index (χ3n) is 3.58. The van der Waals surface area contributed by atoms with Crippen LogP contribution in [0.2, 0.25) is 5.22 Å². The minimum atomic E-state index is -1.03. The minimum Gasteiger partial charge on any atom is -0.480 e. The smallest absolute Gasteiger partial charge is 0.326 e. The number of carbonyl (C=O) groups excluding carboxylic acids is 1. The molecule has 0 spiro atoms. The lowest BCUT2D eigenvalue weighted by Crippen LogP contribution is -2.48. The molecule has 1 aromatic carbocycles. The number of furan rings is 1. The summed E-state index contributed by atoms with van der Waals surface area (Å²) in [6.45, 7) is 0.240. The largest absolute Gasteiger partial charge is 0.480 e. The van der Waals surface area contributed by atoms with Crippen molar-refractivity contribution in [2.45, 2.75) is 19.0 Å². The van der Waals surface area contributed by atoms with E-state index in [1.54, 1.807) is 0 Å². The molecular weight excluding hydrogens is 294 g/mol. The average molecular weight is 306 g/mol. The number of hydrogen-bond donors (Lipinski definition) is 1. The van der Waals surface area contributed by atoms with E-state index >= 15 is 0 Å². The van der Waals surface area contributed by atoms with Crippen LogP contribution >= 0.6 is 11.6 Å². The van der Waals surface area contributed by atoms with Crippen LogP contribution in [0, 0.1) is 0 Å². The Labute approximate surface area is 125 Å². The first kappa shape index (κ1) is 13.7. The normalized spacial score (nSPS) is 17.4. The topological polar surface area (TPSA) is 70.8 Å². The zero-order valence-electron chi connectivity index (χ0n) is 11.0. The Balaban J connectivity index is 1.96. The van der Waals surface area contributed by atoms with Gasteiger partial charge in [-0.05, 0) is 34.9 Å². The van der Waals surface area contributed by atoms with E-state index < -0.39 is 17.9 Å². The first-order chi connectivity index (χ1) is 10.1. The molecule has 0 fully saturated rings. The molecule has 2 heterocycles. The summed E-state index contributed by atoms with van der Waals surface area (Å²) in [5.74, 6) is -1.45. The maximum Gasteiger partial charge on any atom is 0.326 e. The number of fused-ring (bicyclic) bond motifs is 1. The van der Waals surface area contributed by atoms with E-state index in [1.807, 2.05) is 24.3 Å². The Morgan fingerprint density at radius 2 is 1.90 bits per heavy atom. The molecule has 1 atom stereocenters. The number of carboxylic acid groups (broad SMARTS) is 1. The molecule has 5 nitrogen and oxygen atoms in total. The zero-order chi connectivity index (χ0) is 15.0. The van der Waals surface area contributed by atoms with E-state index in [9.17, 15) is 14.7 Å². The number of aliphatic carboxylic acids is 1. The van der Waals surface area contributed by atoms with Gasteiger partial charge in [0.2, 0.25) is 0 Å². The minimum absolute atomic E-state index is 0.0469. The molecule has 1 aliphatic heterocycles. The summed E-state index contributed by atoms with van der Waals surface area (Å²) >= 11 is 5.67. The van der Waals surface area contributed by atoms with Crippen molar-refractivity contribution in [2.24, 2.45) is 0 Å². The Morgan fingerprint density at radius 1 is 1.19 bits per heavy atom. The summed E-state index contributed by atoms with van der Waals surface area (Å²) in [5, 5.41) is 9.48. The first-order valence-electron chi connectivity index (χ1n) is 6.42. The van der Waals surface area contributed by atoms with Crippen LogP contribution in [-0.2, 0) is 17.8 Å². The third kappa shape index (κ3) is 2.52. The molecule has 6 heteroatoms. The average Bonchev–Trinajstić information content (AvgIpc) is 2.91. The van der Waals surface area contributed by atoms with Gasteiger partial charge in [0.05, 0.1) is 0 Å². The quantitative estimate of drug-likeness (QED) is 0.925. The molecule has 0 radical (unpaired) electrons. The van der Waals surface area contributed by atoms with E-state index in [0.717, 1.165) is 11.1 Å². The molecule has 1 amide bonds. The predicted octanol–water partition coefficient (Wildman–Crippen LogP) is 2.58. The van der Waals surface area contributed by atoms with Crippen LogP contribution in [-0.4, -0.2) is 27.9 Å². The van der Waals surface area contributed by atoms with Crippen molar-refractivity contribution in [3.05, 3.63) is 58.5 Å². The Bertz CT molecular complexity index is 709. The summed E-state index contributed by atoms with van der Waals surface area (Å²) in [7, 11) is 0. The monoisotopic (exact) mass is 305 g/mol. The van der Waals surface area contributed by atoms with E-state index in [4.69, 9.17) is 16.0 Å². The fourth-order valence-corrected chi connectivity index (χ4v) is 2.67. The van der Waals surface area contributed by atoms with Gasteiger partial charge in [-0.1, -0.05) is 24.3 Å². The number of halogens is 1. The van der Waals surface area contributed by atoms with Crippen LogP contribution in [0.3, 0.4) is 0 Å². The molecule has 3 rings (SSSR count). The van der Waals surface area contributed by atoms with E-state index in [2.05, 4.69) is 0 Å². The molecule has 1 aliphatic rings. The van der Waals surface area contributed by atoms with Crippen LogP contribution in [0.15, 0.2) is 40.8 Å². The Hall–Kier alpha value is -2.27. The molecular formula is C15H12ClNO4. The Morgan fingerprint density at radius 3 is 2.52 bits per heavy atom. The number of rotatable bonds is 2.